The molecule has 1 fully saturated rings. The van der Waals surface area contributed by atoms with Crippen molar-refractivity contribution in [2.24, 2.45) is 4.99 Å². The fourth-order valence-electron chi connectivity index (χ4n) is 3.46. The molecule has 0 aromatic heterocycles. The lowest BCUT2D eigenvalue weighted by molar-refractivity contribution is -0.113. The summed E-state index contributed by atoms with van der Waals surface area (Å²) in [5, 5.41) is 3.17. The molecule has 1 aromatic carbocycles. The number of aliphatic imine (C=N–C) groups is 1. The van der Waals surface area contributed by atoms with Gasteiger partial charge in [0, 0.05) is 17.4 Å². The van der Waals surface area contributed by atoms with Gasteiger partial charge in [-0.15, -0.1) is 0 Å². The maximum absolute atomic E-state index is 13.1. The first kappa shape index (κ1) is 20.0. The number of benzene rings is 1. The number of methoxy groups -OCH3 is 1. The van der Waals surface area contributed by atoms with Gasteiger partial charge >= 0.3 is 5.97 Å². The highest BCUT2D eigenvalue weighted by atomic mass is 35.5. The number of hydrogen-bond donors (Lipinski definition) is 1. The third kappa shape index (κ3) is 3.93. The normalized spacial score (nSPS) is 21.0. The largest absolute Gasteiger partial charge is 0.465 e. The molecule has 2 aliphatic heterocycles. The lowest BCUT2D eigenvalue weighted by Gasteiger charge is -2.18. The number of nitrogens with zero attached hydrogens (tertiary/aromatic N) is 1. The Bertz CT molecular complexity index is 917. The summed E-state index contributed by atoms with van der Waals surface area (Å²) in [5.74, 6) is -0.913. The van der Waals surface area contributed by atoms with Crippen molar-refractivity contribution in [2.75, 3.05) is 12.4 Å². The highest BCUT2D eigenvalue weighted by molar-refractivity contribution is 6.31. The minimum absolute atomic E-state index is 0.154. The van der Waals surface area contributed by atoms with E-state index >= 15 is 0 Å². The van der Waals surface area contributed by atoms with Crippen molar-refractivity contribution >= 4 is 35.4 Å². The molecular formula is C21H21ClN2O4. The number of nitrogens with one attached hydrogen (secondary N) is 1. The van der Waals surface area contributed by atoms with Crippen molar-refractivity contribution in [3.8, 4) is 0 Å². The van der Waals surface area contributed by atoms with E-state index in [4.69, 9.17) is 21.1 Å². The molecule has 7 heteroatoms. The van der Waals surface area contributed by atoms with E-state index < -0.39 is 5.97 Å². The lowest BCUT2D eigenvalue weighted by Crippen LogP contribution is -2.24. The number of fused-ring (bicyclic) bond motifs is 2. The predicted octanol–water partition coefficient (Wildman–Crippen LogP) is 4.08. The fourth-order valence-corrected chi connectivity index (χ4v) is 3.63. The average Bonchev–Trinajstić information content (AvgIpc) is 3.30. The van der Waals surface area contributed by atoms with Crippen LogP contribution in [0.1, 0.15) is 30.1 Å². The second-order valence-electron chi connectivity index (χ2n) is 6.40. The van der Waals surface area contributed by atoms with E-state index in [2.05, 4.69) is 16.9 Å². The molecule has 6 nitrogen and oxygen atoms in total. The third-order valence-electron chi connectivity index (χ3n) is 4.69. The zero-order valence-corrected chi connectivity index (χ0v) is 16.5. The number of allylic oxidation sites excluding steroid dienone is 1. The minimum Gasteiger partial charge on any atom is -0.465 e. The molecular weight excluding hydrogens is 380 g/mol. The number of carbonyl (C=O) groups excluding carboxylic acids is 2. The Morgan fingerprint density at radius 2 is 2.04 bits per heavy atom. The van der Waals surface area contributed by atoms with Gasteiger partial charge < -0.3 is 14.8 Å². The lowest BCUT2D eigenvalue weighted by atomic mass is 9.87. The van der Waals surface area contributed by atoms with Crippen molar-refractivity contribution in [3.63, 3.8) is 0 Å². The van der Waals surface area contributed by atoms with Gasteiger partial charge in [0.2, 0.25) is 0 Å². The van der Waals surface area contributed by atoms with E-state index in [0.717, 1.165) is 18.4 Å². The van der Waals surface area contributed by atoms with Crippen LogP contribution < -0.4 is 5.32 Å². The molecule has 1 amide bonds. The molecule has 3 rings (SSSR count). The van der Waals surface area contributed by atoms with Crippen molar-refractivity contribution in [1.82, 2.24) is 0 Å². The molecule has 2 aliphatic rings. The molecule has 0 saturated carbocycles. The molecule has 2 heterocycles. The van der Waals surface area contributed by atoms with Crippen LogP contribution in [0.3, 0.4) is 0 Å². The molecule has 0 unspecified atom stereocenters. The van der Waals surface area contributed by atoms with Gasteiger partial charge in [-0.3, -0.25) is 9.79 Å². The predicted molar refractivity (Wildman–Crippen MR) is 109 cm³/mol. The van der Waals surface area contributed by atoms with Crippen molar-refractivity contribution in [2.45, 2.75) is 32.0 Å². The molecule has 2 bridgehead atoms. The van der Waals surface area contributed by atoms with Crippen molar-refractivity contribution in [3.05, 3.63) is 64.4 Å². The molecule has 0 spiro atoms. The Morgan fingerprint density at radius 3 is 2.71 bits per heavy atom. The van der Waals surface area contributed by atoms with Gasteiger partial charge in [0.1, 0.15) is 0 Å². The summed E-state index contributed by atoms with van der Waals surface area (Å²) in [6, 6.07) is 4.63. The van der Waals surface area contributed by atoms with Gasteiger partial charge in [-0.05, 0) is 55.2 Å². The van der Waals surface area contributed by atoms with Crippen LogP contribution in [-0.4, -0.2) is 37.4 Å². The van der Waals surface area contributed by atoms with Crippen LogP contribution in [0.2, 0.25) is 5.02 Å². The number of anilines is 1. The molecule has 1 aromatic rings. The number of ether oxygens (including phenoxy) is 2. The van der Waals surface area contributed by atoms with Crippen LogP contribution in [0, 0.1) is 0 Å². The topological polar surface area (TPSA) is 77.0 Å². The molecule has 1 saturated heterocycles. The smallest absolute Gasteiger partial charge is 0.340 e. The van der Waals surface area contributed by atoms with Crippen LogP contribution in [0.4, 0.5) is 5.69 Å². The van der Waals surface area contributed by atoms with E-state index in [1.807, 2.05) is 6.92 Å². The molecule has 0 aliphatic carbocycles. The van der Waals surface area contributed by atoms with Gasteiger partial charge in [-0.25, -0.2) is 4.79 Å². The summed E-state index contributed by atoms with van der Waals surface area (Å²) < 4.78 is 10.7. The first-order valence-electron chi connectivity index (χ1n) is 8.88. The summed E-state index contributed by atoms with van der Waals surface area (Å²) in [6.45, 7) is 5.88. The maximum Gasteiger partial charge on any atom is 0.340 e. The summed E-state index contributed by atoms with van der Waals surface area (Å²) >= 11 is 5.98. The highest BCUT2D eigenvalue weighted by Crippen LogP contribution is 2.43. The Hall–Kier alpha value is -2.70. The van der Waals surface area contributed by atoms with E-state index in [1.165, 1.54) is 13.2 Å². The van der Waals surface area contributed by atoms with Gasteiger partial charge in [-0.2, -0.15) is 0 Å². The maximum atomic E-state index is 13.1. The highest BCUT2D eigenvalue weighted by Gasteiger charge is 2.43. The van der Waals surface area contributed by atoms with Gasteiger partial charge in [0.15, 0.2) is 0 Å². The molecule has 0 radical (unpaired) electrons. The van der Waals surface area contributed by atoms with Crippen molar-refractivity contribution in [1.29, 1.82) is 0 Å². The molecule has 28 heavy (non-hydrogen) atoms. The van der Waals surface area contributed by atoms with Crippen LogP contribution >= 0.6 is 11.6 Å². The van der Waals surface area contributed by atoms with E-state index in [-0.39, 0.29) is 23.7 Å². The summed E-state index contributed by atoms with van der Waals surface area (Å²) in [4.78, 5) is 29.1. The molecule has 1 N–H and O–H groups in total. The van der Waals surface area contributed by atoms with Crippen LogP contribution in [0.25, 0.3) is 0 Å². The van der Waals surface area contributed by atoms with E-state index in [9.17, 15) is 9.59 Å². The SMILES string of the molecule is C=C(/C=C\N=C/C)C1=C(C(=O)Nc2ccc(Cl)cc2C(=O)OC)[C@H]2CC[C@@H]1O2. The van der Waals surface area contributed by atoms with Crippen molar-refractivity contribution < 1.29 is 19.1 Å². The number of hydrogen-bond acceptors (Lipinski definition) is 5. The molecule has 2 atom stereocenters. The van der Waals surface area contributed by atoms with Gasteiger partial charge in [0.05, 0.1) is 36.1 Å². The van der Waals surface area contributed by atoms with Crippen LogP contribution in [0.5, 0.6) is 0 Å². The zero-order valence-electron chi connectivity index (χ0n) is 15.7. The minimum atomic E-state index is -0.582. The van der Waals surface area contributed by atoms with Crippen LogP contribution in [0.15, 0.2) is 58.8 Å². The Labute approximate surface area is 168 Å². The zero-order chi connectivity index (χ0) is 20.3. The number of carbonyl (C=O) groups is 2. The second-order valence-corrected chi connectivity index (χ2v) is 6.84. The van der Waals surface area contributed by atoms with Crippen LogP contribution in [-0.2, 0) is 14.3 Å². The quantitative estimate of drug-likeness (QED) is 0.443. The van der Waals surface area contributed by atoms with E-state index in [0.29, 0.717) is 21.9 Å². The first-order valence-corrected chi connectivity index (χ1v) is 9.26. The first-order chi connectivity index (χ1) is 13.5. The monoisotopic (exact) mass is 400 g/mol. The average molecular weight is 401 g/mol. The molecule has 146 valence electrons. The number of rotatable bonds is 6. The number of amides is 1. The fraction of sp³-hybridized carbons (Fsp3) is 0.286. The second kappa shape index (κ2) is 8.54. The number of halogens is 1. The Balaban J connectivity index is 1.93. The van der Waals surface area contributed by atoms with E-state index in [1.54, 1.807) is 30.6 Å². The standard InChI is InChI=1S/C21H21ClN2O4/c1-4-23-10-9-12(2)18-16-7-8-17(28-16)19(18)20(25)24-15-6-5-13(22)11-14(15)21(26)27-3/h4-6,9-11,16-17H,2,7-8H2,1,3H3,(H,24,25)/b10-9-,23-4-/t16-,17+/m0/s1. The van der Waals surface area contributed by atoms with Gasteiger partial charge in [-0.1, -0.05) is 18.2 Å². The summed E-state index contributed by atoms with van der Waals surface area (Å²) in [6.07, 6.45) is 6.23. The van der Waals surface area contributed by atoms with Gasteiger partial charge in [0.25, 0.3) is 5.91 Å². The summed E-state index contributed by atoms with van der Waals surface area (Å²) in [7, 11) is 1.27. The Kier molecular flexibility index (Phi) is 6.11. The third-order valence-corrected chi connectivity index (χ3v) is 4.93. The Morgan fingerprint density at radius 1 is 1.32 bits per heavy atom. The summed E-state index contributed by atoms with van der Waals surface area (Å²) in [5.41, 5.74) is 2.52. The number of esters is 1.